The van der Waals surface area contributed by atoms with Crippen LogP contribution in [0.5, 0.6) is 0 Å². The number of fused-ring (bicyclic) bond motifs is 3. The Balaban J connectivity index is 2.20. The highest BCUT2D eigenvalue weighted by molar-refractivity contribution is 6.08. The molecular formula is C21H18N+. The van der Waals surface area contributed by atoms with Crippen LogP contribution in [0.25, 0.3) is 32.9 Å². The van der Waals surface area contributed by atoms with Crippen molar-refractivity contribution < 1.29 is 4.57 Å². The molecule has 0 atom stereocenters. The molecule has 0 amide bonds. The Morgan fingerprint density at radius 2 is 1.23 bits per heavy atom. The van der Waals surface area contributed by atoms with Crippen molar-refractivity contribution in [2.24, 2.45) is 7.05 Å². The molecule has 0 N–H and O–H groups in total. The molecule has 0 aliphatic heterocycles. The molecule has 0 saturated heterocycles. The number of nitrogens with zero attached hydrogens (tertiary/aromatic N) is 1. The van der Waals surface area contributed by atoms with Gasteiger partial charge in [-0.2, -0.15) is 4.57 Å². The third-order valence-corrected chi connectivity index (χ3v) is 4.40. The third kappa shape index (κ3) is 1.90. The van der Waals surface area contributed by atoms with E-state index in [1.165, 1.54) is 38.5 Å². The Labute approximate surface area is 130 Å². The SMILES string of the molecule is Cc1ccc(-c2c3ccccc3c3ccccc3[n+]2C)cc1. The molecule has 1 nitrogen and oxygen atoms in total. The Morgan fingerprint density at radius 1 is 0.636 bits per heavy atom. The molecule has 0 saturated carbocycles. The highest BCUT2D eigenvalue weighted by Gasteiger charge is 2.19. The van der Waals surface area contributed by atoms with Crippen LogP contribution in [0, 0.1) is 6.92 Å². The molecule has 0 bridgehead atoms. The maximum atomic E-state index is 2.31. The summed E-state index contributed by atoms with van der Waals surface area (Å²) in [4.78, 5) is 0. The lowest BCUT2D eigenvalue weighted by Crippen LogP contribution is -2.32. The summed E-state index contributed by atoms with van der Waals surface area (Å²) in [6, 6.07) is 26.1. The molecule has 0 unspecified atom stereocenters. The monoisotopic (exact) mass is 284 g/mol. The summed E-state index contributed by atoms with van der Waals surface area (Å²) in [5.74, 6) is 0. The zero-order valence-electron chi connectivity index (χ0n) is 12.9. The fourth-order valence-corrected chi connectivity index (χ4v) is 3.28. The molecule has 0 radical (unpaired) electrons. The quantitative estimate of drug-likeness (QED) is 0.349. The van der Waals surface area contributed by atoms with E-state index in [-0.39, 0.29) is 0 Å². The second kappa shape index (κ2) is 4.96. The average molecular weight is 284 g/mol. The minimum absolute atomic E-state index is 1.26. The zero-order valence-corrected chi connectivity index (χ0v) is 12.9. The predicted octanol–water partition coefficient (Wildman–Crippen LogP) is 4.79. The van der Waals surface area contributed by atoms with Gasteiger partial charge in [-0.25, -0.2) is 0 Å². The molecule has 0 spiro atoms. The minimum Gasteiger partial charge on any atom is -0.194 e. The summed E-state index contributed by atoms with van der Waals surface area (Å²) in [5, 5.41) is 3.91. The zero-order chi connectivity index (χ0) is 15.1. The lowest BCUT2D eigenvalue weighted by atomic mass is 9.99. The van der Waals surface area contributed by atoms with E-state index in [2.05, 4.69) is 91.3 Å². The van der Waals surface area contributed by atoms with Crippen LogP contribution in [0.3, 0.4) is 0 Å². The van der Waals surface area contributed by atoms with Crippen LogP contribution < -0.4 is 4.57 Å². The molecule has 1 heteroatoms. The molecule has 4 rings (SSSR count). The van der Waals surface area contributed by atoms with Crippen molar-refractivity contribution in [3.05, 3.63) is 78.4 Å². The van der Waals surface area contributed by atoms with Gasteiger partial charge in [0.1, 0.15) is 7.05 Å². The van der Waals surface area contributed by atoms with Crippen LogP contribution in [-0.2, 0) is 7.05 Å². The van der Waals surface area contributed by atoms with Gasteiger partial charge in [-0.3, -0.25) is 0 Å². The summed E-state index contributed by atoms with van der Waals surface area (Å²) >= 11 is 0. The van der Waals surface area contributed by atoms with E-state index in [4.69, 9.17) is 0 Å². The largest absolute Gasteiger partial charge is 0.220 e. The first-order valence-corrected chi connectivity index (χ1v) is 7.62. The Morgan fingerprint density at radius 3 is 1.95 bits per heavy atom. The topological polar surface area (TPSA) is 3.88 Å². The summed E-state index contributed by atoms with van der Waals surface area (Å²) in [6.07, 6.45) is 0. The number of aromatic nitrogens is 1. The van der Waals surface area contributed by atoms with Crippen molar-refractivity contribution in [3.8, 4) is 11.3 Å². The van der Waals surface area contributed by atoms with E-state index < -0.39 is 0 Å². The normalized spacial score (nSPS) is 11.2. The number of rotatable bonds is 1. The molecule has 4 aromatic rings. The van der Waals surface area contributed by atoms with Gasteiger partial charge in [0, 0.05) is 17.0 Å². The van der Waals surface area contributed by atoms with Crippen molar-refractivity contribution in [1.29, 1.82) is 0 Å². The maximum Gasteiger partial charge on any atom is 0.220 e. The maximum absolute atomic E-state index is 2.31. The van der Waals surface area contributed by atoms with Crippen LogP contribution in [0.2, 0.25) is 0 Å². The lowest BCUT2D eigenvalue weighted by molar-refractivity contribution is -0.632. The number of para-hydroxylation sites is 1. The predicted molar refractivity (Wildman–Crippen MR) is 92.8 cm³/mol. The Kier molecular flexibility index (Phi) is 2.93. The molecule has 1 aromatic heterocycles. The highest BCUT2D eigenvalue weighted by Crippen LogP contribution is 2.30. The van der Waals surface area contributed by atoms with Crippen LogP contribution >= 0.6 is 0 Å². The number of pyridine rings is 1. The molecular weight excluding hydrogens is 266 g/mol. The smallest absolute Gasteiger partial charge is 0.194 e. The van der Waals surface area contributed by atoms with Crippen molar-refractivity contribution in [2.45, 2.75) is 6.92 Å². The molecule has 0 aliphatic rings. The van der Waals surface area contributed by atoms with E-state index >= 15 is 0 Å². The van der Waals surface area contributed by atoms with Crippen LogP contribution in [0.15, 0.2) is 72.8 Å². The van der Waals surface area contributed by atoms with Crippen LogP contribution in [0.4, 0.5) is 0 Å². The second-order valence-electron chi connectivity index (χ2n) is 5.84. The third-order valence-electron chi connectivity index (χ3n) is 4.40. The Bertz CT molecular complexity index is 982. The number of hydrogen-bond donors (Lipinski definition) is 0. The summed E-state index contributed by atoms with van der Waals surface area (Å²) in [5.41, 5.74) is 5.08. The van der Waals surface area contributed by atoms with E-state index in [9.17, 15) is 0 Å². The molecule has 1 heterocycles. The van der Waals surface area contributed by atoms with Gasteiger partial charge < -0.3 is 0 Å². The van der Waals surface area contributed by atoms with Gasteiger partial charge >= 0.3 is 0 Å². The molecule has 106 valence electrons. The summed E-state index contributed by atoms with van der Waals surface area (Å²) in [6.45, 7) is 2.13. The van der Waals surface area contributed by atoms with Gasteiger partial charge in [-0.15, -0.1) is 0 Å². The van der Waals surface area contributed by atoms with E-state index in [0.717, 1.165) is 0 Å². The molecule has 3 aromatic carbocycles. The van der Waals surface area contributed by atoms with Gasteiger partial charge in [-0.1, -0.05) is 48.0 Å². The first-order valence-electron chi connectivity index (χ1n) is 7.62. The van der Waals surface area contributed by atoms with Gasteiger partial charge in [0.05, 0.1) is 10.8 Å². The van der Waals surface area contributed by atoms with E-state index in [1.807, 2.05) is 0 Å². The van der Waals surface area contributed by atoms with Gasteiger partial charge in [-0.05, 0) is 31.2 Å². The number of aryl methyl sites for hydroxylation is 2. The van der Waals surface area contributed by atoms with Crippen molar-refractivity contribution >= 4 is 21.7 Å². The van der Waals surface area contributed by atoms with Crippen LogP contribution in [0.1, 0.15) is 5.56 Å². The van der Waals surface area contributed by atoms with Crippen molar-refractivity contribution in [2.75, 3.05) is 0 Å². The Hall–Kier alpha value is -2.67. The van der Waals surface area contributed by atoms with Gasteiger partial charge in [0.25, 0.3) is 0 Å². The van der Waals surface area contributed by atoms with E-state index in [0.29, 0.717) is 0 Å². The van der Waals surface area contributed by atoms with E-state index in [1.54, 1.807) is 0 Å². The average Bonchev–Trinajstić information content (AvgIpc) is 2.57. The van der Waals surface area contributed by atoms with Crippen LogP contribution in [-0.4, -0.2) is 0 Å². The lowest BCUT2D eigenvalue weighted by Gasteiger charge is -2.09. The van der Waals surface area contributed by atoms with Gasteiger partial charge in [0.2, 0.25) is 11.2 Å². The second-order valence-corrected chi connectivity index (χ2v) is 5.84. The fourth-order valence-electron chi connectivity index (χ4n) is 3.28. The first kappa shape index (κ1) is 13.0. The van der Waals surface area contributed by atoms with Crippen molar-refractivity contribution in [1.82, 2.24) is 0 Å². The number of hydrogen-bond acceptors (Lipinski definition) is 0. The van der Waals surface area contributed by atoms with Crippen molar-refractivity contribution in [3.63, 3.8) is 0 Å². The standard InChI is InChI=1S/C21H18N/c1-15-11-13-16(14-12-15)21-19-9-4-3-7-17(19)18-8-5-6-10-20(18)22(21)2/h3-14H,1-2H3/q+1. The summed E-state index contributed by atoms with van der Waals surface area (Å²) in [7, 11) is 2.16. The van der Waals surface area contributed by atoms with Gasteiger partial charge in [0.15, 0.2) is 0 Å². The molecule has 0 aliphatic carbocycles. The molecule has 0 fully saturated rings. The minimum atomic E-state index is 1.26. The fraction of sp³-hybridized carbons (Fsp3) is 0.0952. The molecule has 22 heavy (non-hydrogen) atoms. The number of benzene rings is 3. The first-order chi connectivity index (χ1) is 10.8. The summed E-state index contributed by atoms with van der Waals surface area (Å²) < 4.78 is 2.31. The highest BCUT2D eigenvalue weighted by atomic mass is 14.9.